The van der Waals surface area contributed by atoms with Crippen molar-refractivity contribution in [1.29, 1.82) is 0 Å². The number of nitrogens with zero attached hydrogens (tertiary/aromatic N) is 2. The lowest BCUT2D eigenvalue weighted by Gasteiger charge is -2.36. The first-order valence-corrected chi connectivity index (χ1v) is 15.6. The number of amides is 3. The number of rotatable bonds is 6. The maximum Gasteiger partial charge on any atom is 0.243 e. The van der Waals surface area contributed by atoms with Crippen molar-refractivity contribution in [2.24, 2.45) is 0 Å². The Labute approximate surface area is 261 Å². The summed E-state index contributed by atoms with van der Waals surface area (Å²) in [5.41, 5.74) is 2.63. The molecule has 0 spiro atoms. The van der Waals surface area contributed by atoms with Gasteiger partial charge in [0.2, 0.25) is 17.7 Å². The highest BCUT2D eigenvalue weighted by Gasteiger charge is 2.31. The van der Waals surface area contributed by atoms with Crippen LogP contribution in [0, 0.1) is 6.92 Å². The van der Waals surface area contributed by atoms with Gasteiger partial charge in [0.15, 0.2) is 0 Å². The molecule has 1 atom stereocenters. The predicted octanol–water partition coefficient (Wildman–Crippen LogP) is 3.50. The van der Waals surface area contributed by atoms with Crippen molar-refractivity contribution in [3.63, 3.8) is 0 Å². The minimum atomic E-state index is -0.501. The Bertz CT molecular complexity index is 1220. The van der Waals surface area contributed by atoms with Crippen LogP contribution >= 0.6 is 0 Å². The highest BCUT2D eigenvalue weighted by molar-refractivity contribution is 5.90. The lowest BCUT2D eigenvalue weighted by Crippen LogP contribution is -2.53. The maximum absolute atomic E-state index is 12.2. The van der Waals surface area contributed by atoms with E-state index in [9.17, 15) is 24.0 Å². The minimum absolute atomic E-state index is 0.00197. The van der Waals surface area contributed by atoms with Gasteiger partial charge in [-0.05, 0) is 44.2 Å². The van der Waals surface area contributed by atoms with Crippen LogP contribution in [0.5, 0.6) is 0 Å². The smallest absolute Gasteiger partial charge is 0.243 e. The molecule has 44 heavy (non-hydrogen) atoms. The van der Waals surface area contributed by atoms with Crippen molar-refractivity contribution in [3.8, 4) is 0 Å². The van der Waals surface area contributed by atoms with Gasteiger partial charge in [0.1, 0.15) is 31.1 Å². The van der Waals surface area contributed by atoms with Crippen LogP contribution in [0.25, 0.3) is 10.9 Å². The summed E-state index contributed by atoms with van der Waals surface area (Å²) in [5.74, 6) is 0.712. The van der Waals surface area contributed by atoms with Crippen molar-refractivity contribution in [1.82, 2.24) is 25.6 Å². The molecule has 11 nitrogen and oxygen atoms in total. The van der Waals surface area contributed by atoms with Crippen LogP contribution in [0.15, 0.2) is 36.2 Å². The van der Waals surface area contributed by atoms with Gasteiger partial charge in [0.05, 0.1) is 25.2 Å². The summed E-state index contributed by atoms with van der Waals surface area (Å²) in [6.07, 6.45) is 12.2. The molecule has 2 aliphatic rings. The number of hydrogen-bond acceptors (Lipinski definition) is 7. The highest BCUT2D eigenvalue weighted by atomic mass is 16.6. The summed E-state index contributed by atoms with van der Waals surface area (Å²) in [6.45, 7) is 8.76. The number of aldehydes is 1. The normalized spacial score (nSPS) is 16.7. The molecule has 4 rings (SSSR count). The summed E-state index contributed by atoms with van der Waals surface area (Å²) in [4.78, 5) is 62.9. The van der Waals surface area contributed by atoms with Gasteiger partial charge >= 0.3 is 0 Å². The molecule has 3 amide bonds. The van der Waals surface area contributed by atoms with Crippen molar-refractivity contribution >= 4 is 40.9 Å². The molecule has 0 saturated carbocycles. The Hall–Kier alpha value is -4.11. The first-order valence-electron chi connectivity index (χ1n) is 15.6. The molecule has 1 aromatic carbocycles. The van der Waals surface area contributed by atoms with E-state index in [-0.39, 0.29) is 31.2 Å². The van der Waals surface area contributed by atoms with Gasteiger partial charge in [-0.1, -0.05) is 64.7 Å². The third kappa shape index (κ3) is 13.5. The first kappa shape index (κ1) is 37.9. The fourth-order valence-corrected chi connectivity index (χ4v) is 4.44. The summed E-state index contributed by atoms with van der Waals surface area (Å²) < 4.78 is 1.78. The van der Waals surface area contributed by atoms with Gasteiger partial charge in [-0.15, -0.1) is 0 Å². The topological polar surface area (TPSA) is 139 Å². The fraction of sp³-hybridized carbons (Fsp3) is 0.576. The number of nitrogens with one attached hydrogen (secondary N) is 3. The van der Waals surface area contributed by atoms with Crippen LogP contribution in [-0.2, 0) is 24.0 Å². The lowest BCUT2D eigenvalue weighted by atomic mass is 10.0. The van der Waals surface area contributed by atoms with Gasteiger partial charge < -0.3 is 30.5 Å². The van der Waals surface area contributed by atoms with Gasteiger partial charge in [0, 0.05) is 24.5 Å². The van der Waals surface area contributed by atoms with E-state index < -0.39 is 17.9 Å². The molecule has 1 aromatic heterocycles. The molecule has 2 aromatic rings. The quantitative estimate of drug-likeness (QED) is 0.258. The third-order valence-electron chi connectivity index (χ3n) is 7.09. The number of fused-ring (bicyclic) bond motifs is 2. The number of unbranched alkanes of at least 4 members (excludes halogenated alkanes) is 4. The molecular formula is C33H51N5O6. The van der Waals surface area contributed by atoms with E-state index in [0.717, 1.165) is 37.5 Å². The number of carbonyl (C=O) groups is 4. The average Bonchev–Trinajstić information content (AvgIpc) is 3.39. The van der Waals surface area contributed by atoms with E-state index in [4.69, 9.17) is 4.84 Å². The lowest BCUT2D eigenvalue weighted by molar-refractivity contribution is -0.130. The third-order valence-corrected chi connectivity index (χ3v) is 7.09. The number of carbonyl (C=O) groups excluding carboxylic acids is 5. The molecule has 244 valence electrons. The number of piperidine rings is 1. The minimum Gasteiger partial charge on any atom is -0.417 e. The van der Waals surface area contributed by atoms with Crippen LogP contribution in [0.4, 0.5) is 0 Å². The number of para-hydroxylation sites is 1. The molecule has 2 aliphatic heterocycles. The van der Waals surface area contributed by atoms with E-state index >= 15 is 0 Å². The van der Waals surface area contributed by atoms with E-state index in [2.05, 4.69) is 49.7 Å². The van der Waals surface area contributed by atoms with Crippen molar-refractivity contribution in [2.45, 2.75) is 91.5 Å². The average molecular weight is 614 g/mol. The summed E-state index contributed by atoms with van der Waals surface area (Å²) in [7, 11) is 1.67. The van der Waals surface area contributed by atoms with Crippen LogP contribution in [0.3, 0.4) is 0 Å². The molecule has 0 radical (unpaired) electrons. The van der Waals surface area contributed by atoms with Crippen molar-refractivity contribution in [2.75, 3.05) is 33.3 Å². The molecule has 11 heteroatoms. The summed E-state index contributed by atoms with van der Waals surface area (Å²) in [6, 6.07) is 7.69. The SMILES string of the molecule is CCCC.CCCCCC=O.COn1cc(C)c2ccccc21.O=C=C1CNC(=O)CNC(=O)CNC(=O)C2CCCCN12. The Morgan fingerprint density at radius 1 is 0.932 bits per heavy atom. The van der Waals surface area contributed by atoms with E-state index in [1.54, 1.807) is 16.7 Å². The molecular weight excluding hydrogens is 562 g/mol. The van der Waals surface area contributed by atoms with Crippen LogP contribution in [-0.4, -0.2) is 78.9 Å². The van der Waals surface area contributed by atoms with E-state index in [0.29, 0.717) is 13.0 Å². The van der Waals surface area contributed by atoms with Gasteiger partial charge in [-0.25, -0.2) is 4.79 Å². The number of aryl methyl sites for hydroxylation is 1. The highest BCUT2D eigenvalue weighted by Crippen LogP contribution is 2.21. The second-order valence-corrected chi connectivity index (χ2v) is 10.5. The van der Waals surface area contributed by atoms with Crippen LogP contribution in [0.2, 0.25) is 0 Å². The van der Waals surface area contributed by atoms with Crippen LogP contribution < -0.4 is 20.8 Å². The number of hydrogen-bond donors (Lipinski definition) is 3. The molecule has 3 heterocycles. The monoisotopic (exact) mass is 613 g/mol. The van der Waals surface area contributed by atoms with Gasteiger partial charge in [0.25, 0.3) is 0 Å². The van der Waals surface area contributed by atoms with E-state index in [1.807, 2.05) is 30.3 Å². The molecule has 0 aliphatic carbocycles. The van der Waals surface area contributed by atoms with Gasteiger partial charge in [-0.2, -0.15) is 4.73 Å². The summed E-state index contributed by atoms with van der Waals surface area (Å²) in [5, 5.41) is 8.72. The van der Waals surface area contributed by atoms with Crippen molar-refractivity contribution in [3.05, 3.63) is 41.7 Å². The van der Waals surface area contributed by atoms with E-state index in [1.165, 1.54) is 36.6 Å². The second-order valence-electron chi connectivity index (χ2n) is 10.5. The molecule has 2 saturated heterocycles. The molecule has 2 fully saturated rings. The Morgan fingerprint density at radius 3 is 2.20 bits per heavy atom. The fourth-order valence-electron chi connectivity index (χ4n) is 4.44. The predicted molar refractivity (Wildman–Crippen MR) is 173 cm³/mol. The second kappa shape index (κ2) is 22.4. The number of aromatic nitrogens is 1. The molecule has 1 unspecified atom stereocenters. The summed E-state index contributed by atoms with van der Waals surface area (Å²) >= 11 is 0. The largest absolute Gasteiger partial charge is 0.417 e. The van der Waals surface area contributed by atoms with Gasteiger partial charge in [-0.3, -0.25) is 14.4 Å². The zero-order chi connectivity index (χ0) is 32.7. The standard InChI is InChI=1S/C13H18N4O4.C10H11NO.C6H12O.C4H10/c18-8-9-5-14-11(19)6-15-12(20)7-16-13(21)10-3-1-2-4-17(9)10;1-8-7-11(12-2)10-6-4-3-5-9(8)10;1-2-3-4-5-6-7;1-3-4-2/h10H,1-7H2,(H,14,19)(H,15,20)(H,16,21);3-7H,1-2H3;6H,2-5H2,1H3;3-4H2,1-2H3. The van der Waals surface area contributed by atoms with Crippen LogP contribution in [0.1, 0.15) is 84.1 Å². The Balaban J connectivity index is 0.000000352. The zero-order valence-electron chi connectivity index (χ0n) is 27.1. The number of benzene rings is 1. The first-order chi connectivity index (χ1) is 21.3. The zero-order valence-corrected chi connectivity index (χ0v) is 27.1. The van der Waals surface area contributed by atoms with Crippen molar-refractivity contribution < 1.29 is 28.8 Å². The maximum atomic E-state index is 12.2. The molecule has 3 N–H and O–H groups in total. The molecule has 0 bridgehead atoms. The Morgan fingerprint density at radius 2 is 1.59 bits per heavy atom. The Kier molecular flexibility index (Phi) is 19.3.